The molecule has 7 nitrogen and oxygen atoms in total. The van der Waals surface area contributed by atoms with E-state index in [2.05, 4.69) is 87.9 Å². The van der Waals surface area contributed by atoms with E-state index in [1.165, 1.54) is 61.9 Å². The lowest BCUT2D eigenvalue weighted by atomic mass is 9.94. The van der Waals surface area contributed by atoms with E-state index in [0.717, 1.165) is 47.6 Å². The third-order valence-electron chi connectivity index (χ3n) is 9.63. The smallest absolute Gasteiger partial charge is 0.228 e. The number of carbonyl (C=O) groups is 1. The van der Waals surface area contributed by atoms with Gasteiger partial charge in [0.2, 0.25) is 5.91 Å². The molecule has 46 heavy (non-hydrogen) atoms. The van der Waals surface area contributed by atoms with Crippen molar-refractivity contribution >= 4 is 22.5 Å². The molecule has 2 fully saturated rings. The van der Waals surface area contributed by atoms with Gasteiger partial charge in [0.25, 0.3) is 0 Å². The zero-order valence-corrected chi connectivity index (χ0v) is 27.7. The molecule has 1 aromatic carbocycles. The van der Waals surface area contributed by atoms with Gasteiger partial charge >= 0.3 is 0 Å². The number of pyridine rings is 2. The largest absolute Gasteiger partial charge is 0.325 e. The number of rotatable bonds is 11. The molecular weight excluding hydrogens is 568 g/mol. The molecule has 1 saturated carbocycles. The lowest BCUT2D eigenvalue weighted by Crippen LogP contribution is -2.38. The molecule has 240 valence electrons. The van der Waals surface area contributed by atoms with E-state index in [1.54, 1.807) is 12.4 Å². The molecule has 0 bridgehead atoms. The normalized spacial score (nSPS) is 17.2. The second kappa shape index (κ2) is 15.0. The van der Waals surface area contributed by atoms with Gasteiger partial charge in [-0.1, -0.05) is 67.3 Å². The van der Waals surface area contributed by atoms with Gasteiger partial charge in [0.15, 0.2) is 0 Å². The maximum Gasteiger partial charge on any atom is 0.228 e. The number of allylic oxidation sites excluding steroid dienone is 1. The summed E-state index contributed by atoms with van der Waals surface area (Å²) in [5, 5.41) is 0. The Morgan fingerprint density at radius 3 is 2.54 bits per heavy atom. The van der Waals surface area contributed by atoms with Gasteiger partial charge in [0.1, 0.15) is 11.3 Å². The van der Waals surface area contributed by atoms with E-state index in [4.69, 9.17) is 4.98 Å². The molecule has 1 amide bonds. The Morgan fingerprint density at radius 1 is 0.978 bits per heavy atom. The van der Waals surface area contributed by atoms with Crippen molar-refractivity contribution in [1.82, 2.24) is 29.3 Å². The first kappa shape index (κ1) is 31.9. The lowest BCUT2D eigenvalue weighted by molar-refractivity contribution is -0.131. The van der Waals surface area contributed by atoms with E-state index in [1.807, 2.05) is 24.1 Å². The highest BCUT2D eigenvalue weighted by molar-refractivity contribution is 5.80. The van der Waals surface area contributed by atoms with Crippen molar-refractivity contribution in [3.05, 3.63) is 108 Å². The molecule has 6 rings (SSSR count). The van der Waals surface area contributed by atoms with Gasteiger partial charge in [-0.05, 0) is 83.3 Å². The van der Waals surface area contributed by atoms with Crippen LogP contribution in [0.2, 0.25) is 0 Å². The van der Waals surface area contributed by atoms with Crippen LogP contribution in [-0.2, 0) is 11.2 Å². The third-order valence-corrected chi connectivity index (χ3v) is 9.63. The summed E-state index contributed by atoms with van der Waals surface area (Å²) >= 11 is 0. The summed E-state index contributed by atoms with van der Waals surface area (Å²) in [4.78, 5) is 32.5. The number of nitrogens with zero attached hydrogens (tertiary/aromatic N) is 6. The number of amides is 1. The molecule has 1 atom stereocenters. The van der Waals surface area contributed by atoms with E-state index in [-0.39, 0.29) is 18.0 Å². The van der Waals surface area contributed by atoms with Crippen LogP contribution in [0.3, 0.4) is 0 Å². The summed E-state index contributed by atoms with van der Waals surface area (Å²) in [5.74, 6) is 1.08. The second-order valence-corrected chi connectivity index (χ2v) is 13.1. The number of hydrogen-bond acceptors (Lipinski definition) is 5. The summed E-state index contributed by atoms with van der Waals surface area (Å²) in [6.45, 7) is 9.53. The fourth-order valence-corrected chi connectivity index (χ4v) is 7.16. The van der Waals surface area contributed by atoms with Crippen molar-refractivity contribution in [2.75, 3.05) is 19.6 Å². The maximum absolute atomic E-state index is 13.9. The van der Waals surface area contributed by atoms with Gasteiger partial charge in [0.05, 0.1) is 17.4 Å². The van der Waals surface area contributed by atoms with Crippen molar-refractivity contribution in [3.8, 4) is 0 Å². The molecule has 1 saturated heterocycles. The van der Waals surface area contributed by atoms with Crippen LogP contribution in [0.1, 0.15) is 92.7 Å². The number of aromatic nitrogens is 4. The number of imidazole rings is 1. The maximum atomic E-state index is 13.9. The van der Waals surface area contributed by atoms with E-state index in [0.29, 0.717) is 12.8 Å². The number of likely N-dealkylation sites (tertiary alicyclic amines) is 1. The molecule has 3 aromatic heterocycles. The number of benzene rings is 1. The van der Waals surface area contributed by atoms with Crippen molar-refractivity contribution in [3.63, 3.8) is 0 Å². The first-order valence-electron chi connectivity index (χ1n) is 17.2. The first-order valence-corrected chi connectivity index (χ1v) is 17.2. The van der Waals surface area contributed by atoms with Gasteiger partial charge in [-0.25, -0.2) is 4.98 Å². The molecule has 2 aliphatic rings. The van der Waals surface area contributed by atoms with Gasteiger partial charge in [-0.15, -0.1) is 0 Å². The number of hydrogen-bond donors (Lipinski definition) is 0. The van der Waals surface area contributed by atoms with Gasteiger partial charge in [-0.3, -0.25) is 19.7 Å². The van der Waals surface area contributed by atoms with Crippen LogP contribution in [-0.4, -0.2) is 60.9 Å². The van der Waals surface area contributed by atoms with Crippen LogP contribution in [0.15, 0.2) is 79.3 Å². The molecule has 1 aliphatic carbocycles. The van der Waals surface area contributed by atoms with Crippen molar-refractivity contribution in [2.45, 2.75) is 90.6 Å². The fourth-order valence-electron chi connectivity index (χ4n) is 7.16. The minimum Gasteiger partial charge on any atom is -0.325 e. The predicted octanol–water partition coefficient (Wildman–Crippen LogP) is 7.84. The highest BCUT2D eigenvalue weighted by Gasteiger charge is 2.26. The fraction of sp³-hybridized carbons (Fsp3) is 0.436. The van der Waals surface area contributed by atoms with E-state index >= 15 is 0 Å². The van der Waals surface area contributed by atoms with Crippen LogP contribution in [0.4, 0.5) is 0 Å². The molecule has 0 N–H and O–H groups in total. The average Bonchev–Trinajstić information content (AvgIpc) is 3.71. The molecule has 4 aromatic rings. The number of carbonyl (C=O) groups excluding carboxylic acids is 1. The molecule has 0 spiro atoms. The quantitative estimate of drug-likeness (QED) is 0.172. The van der Waals surface area contributed by atoms with Crippen molar-refractivity contribution in [1.29, 1.82) is 0 Å². The minimum absolute atomic E-state index is 0.00900. The zero-order valence-electron chi connectivity index (χ0n) is 27.7. The molecule has 1 aliphatic heterocycles. The second-order valence-electron chi connectivity index (χ2n) is 13.1. The monoisotopic (exact) mass is 616 g/mol. The lowest BCUT2D eigenvalue weighted by Gasteiger charge is -2.33. The molecule has 0 radical (unpaired) electrons. The summed E-state index contributed by atoms with van der Waals surface area (Å²) in [6, 6.07) is 17.3. The topological polar surface area (TPSA) is 67.2 Å². The first-order chi connectivity index (χ1) is 22.5. The third kappa shape index (κ3) is 7.64. The summed E-state index contributed by atoms with van der Waals surface area (Å²) in [7, 11) is 0. The summed E-state index contributed by atoms with van der Waals surface area (Å²) in [5.41, 5.74) is 7.54. The molecule has 1 unspecified atom stereocenters. The van der Waals surface area contributed by atoms with Crippen LogP contribution < -0.4 is 0 Å². The minimum atomic E-state index is -0.00900. The van der Waals surface area contributed by atoms with Crippen LogP contribution in [0.5, 0.6) is 0 Å². The standard InChI is InChI=1S/C39H48N6O/c1-29-16-18-32(19-17-29)35(21-26-43-23-7-8-24-43)36-15-9-11-33(42-36)12-10-25-44(34-13-5-4-6-14-34)39(46)27-30(2)45-31(3)41-37-28-40-22-20-38(37)45/h9-11,15-22,25,28,30,34H,4-8,12-14,23-24,26-27H2,1-3H3. The van der Waals surface area contributed by atoms with Crippen molar-refractivity contribution in [2.24, 2.45) is 0 Å². The zero-order chi connectivity index (χ0) is 31.9. The Labute approximate surface area is 274 Å². The van der Waals surface area contributed by atoms with E-state index < -0.39 is 0 Å². The Bertz CT molecular complexity index is 1670. The average molecular weight is 617 g/mol. The molecule has 4 heterocycles. The predicted molar refractivity (Wildman–Crippen MR) is 186 cm³/mol. The van der Waals surface area contributed by atoms with Crippen LogP contribution >= 0.6 is 0 Å². The van der Waals surface area contributed by atoms with Crippen LogP contribution in [0.25, 0.3) is 16.6 Å². The van der Waals surface area contributed by atoms with E-state index in [9.17, 15) is 4.79 Å². The Morgan fingerprint density at radius 2 is 1.76 bits per heavy atom. The summed E-state index contributed by atoms with van der Waals surface area (Å²) < 4.78 is 2.18. The Balaban J connectivity index is 1.20. The number of fused-ring (bicyclic) bond motifs is 1. The summed E-state index contributed by atoms with van der Waals surface area (Å²) in [6.07, 6.45) is 19.5. The highest BCUT2D eigenvalue weighted by Crippen LogP contribution is 2.28. The highest BCUT2D eigenvalue weighted by atomic mass is 16.2. The molecule has 7 heteroatoms. The Kier molecular flexibility index (Phi) is 10.4. The SMILES string of the molecule is Cc1ccc(C(=CCN2CCCC2)c2cccc(CC=CN(C(=O)CC(C)n3c(C)nc4cnccc43)C3CCCCC3)n2)cc1. The van der Waals surface area contributed by atoms with Crippen molar-refractivity contribution < 1.29 is 4.79 Å². The molecular formula is C39H48N6O. The number of aryl methyl sites for hydroxylation is 2. The van der Waals surface area contributed by atoms with Gasteiger partial charge < -0.3 is 9.47 Å². The van der Waals surface area contributed by atoms with Crippen LogP contribution in [0, 0.1) is 13.8 Å². The van der Waals surface area contributed by atoms with Gasteiger partial charge in [-0.2, -0.15) is 0 Å². The van der Waals surface area contributed by atoms with Gasteiger partial charge in [0, 0.05) is 55.1 Å². The Hall–Kier alpha value is -4.10.